The fourth-order valence-corrected chi connectivity index (χ4v) is 5.29. The van der Waals surface area contributed by atoms with Crippen LogP contribution >= 0.6 is 23.4 Å². The van der Waals surface area contributed by atoms with Crippen molar-refractivity contribution in [3.05, 3.63) is 89.6 Å². The Kier molecular flexibility index (Phi) is 7.62. The molecule has 9 heteroatoms. The Balaban J connectivity index is 1.44. The molecule has 1 amide bonds. The number of aromatic amines is 1. The van der Waals surface area contributed by atoms with Crippen molar-refractivity contribution >= 4 is 51.6 Å². The molecule has 0 fully saturated rings. The third-order valence-corrected chi connectivity index (χ3v) is 7.42. The van der Waals surface area contributed by atoms with Gasteiger partial charge in [0.2, 0.25) is 5.91 Å². The van der Waals surface area contributed by atoms with E-state index in [1.165, 1.54) is 11.8 Å². The number of H-pyrrole nitrogens is 1. The molecule has 5 aromatic rings. The molecule has 0 radical (unpaired) electrons. The second kappa shape index (κ2) is 11.2. The van der Waals surface area contributed by atoms with Crippen LogP contribution in [-0.2, 0) is 4.79 Å². The Bertz CT molecular complexity index is 1590. The highest BCUT2D eigenvalue weighted by Crippen LogP contribution is 2.34. The number of ketones is 1. The summed E-state index contributed by atoms with van der Waals surface area (Å²) < 4.78 is 1.95. The zero-order valence-electron chi connectivity index (χ0n) is 20.9. The molecule has 38 heavy (non-hydrogen) atoms. The highest BCUT2D eigenvalue weighted by molar-refractivity contribution is 8.00. The van der Waals surface area contributed by atoms with Crippen LogP contribution < -0.4 is 5.32 Å². The standard InChI is InChI=1S/C29H26ClN5O2S/c1-3-6-26(36)32-21-13-9-19(10-14-21)27(37)18(2)38-29-34-33-28(35(29)22-15-11-20(30)12-16-22)24-17-31-25-8-5-4-7-23(24)25/h4-5,7-18,31H,3,6H2,1-2H3,(H,32,36)/t18-/m0/s1. The summed E-state index contributed by atoms with van der Waals surface area (Å²) >= 11 is 7.50. The quantitative estimate of drug-likeness (QED) is 0.152. The highest BCUT2D eigenvalue weighted by Gasteiger charge is 2.24. The van der Waals surface area contributed by atoms with E-state index in [1.807, 2.05) is 73.1 Å². The number of nitrogens with zero attached hydrogens (tertiary/aromatic N) is 3. The van der Waals surface area contributed by atoms with Gasteiger partial charge in [-0.1, -0.05) is 48.5 Å². The zero-order chi connectivity index (χ0) is 26.6. The minimum atomic E-state index is -0.429. The summed E-state index contributed by atoms with van der Waals surface area (Å²) in [5.41, 5.74) is 3.99. The van der Waals surface area contributed by atoms with E-state index in [0.717, 1.165) is 28.6 Å². The SMILES string of the molecule is CCCC(=O)Nc1ccc(C(=O)[C@H](C)Sc2nnc(-c3c[nH]c4ccccc34)n2-c2ccc(Cl)cc2)cc1. The van der Waals surface area contributed by atoms with Crippen molar-refractivity contribution in [2.24, 2.45) is 0 Å². The van der Waals surface area contributed by atoms with Crippen LogP contribution in [0.2, 0.25) is 5.02 Å². The third kappa shape index (κ3) is 5.37. The molecule has 7 nitrogen and oxygen atoms in total. The number of halogens is 1. The first-order chi connectivity index (χ1) is 18.4. The summed E-state index contributed by atoms with van der Waals surface area (Å²) in [4.78, 5) is 28.5. The van der Waals surface area contributed by atoms with Gasteiger partial charge in [-0.2, -0.15) is 0 Å². The molecule has 3 aromatic carbocycles. The number of rotatable bonds is 9. The number of benzene rings is 3. The molecule has 0 saturated heterocycles. The van der Waals surface area contributed by atoms with E-state index in [2.05, 4.69) is 20.5 Å². The van der Waals surface area contributed by atoms with Crippen molar-refractivity contribution in [2.75, 3.05) is 5.32 Å². The first kappa shape index (κ1) is 25.8. The molecule has 0 bridgehead atoms. The number of amides is 1. The van der Waals surface area contributed by atoms with E-state index in [4.69, 9.17) is 11.6 Å². The summed E-state index contributed by atoms with van der Waals surface area (Å²) in [6.07, 6.45) is 3.16. The van der Waals surface area contributed by atoms with E-state index in [-0.39, 0.29) is 11.7 Å². The van der Waals surface area contributed by atoms with Gasteiger partial charge in [-0.3, -0.25) is 14.2 Å². The number of thioether (sulfide) groups is 1. The average molecular weight is 544 g/mol. The summed E-state index contributed by atoms with van der Waals surface area (Å²) in [6.45, 7) is 3.81. The maximum Gasteiger partial charge on any atom is 0.224 e. The number of nitrogens with one attached hydrogen (secondary N) is 2. The average Bonchev–Trinajstić information content (AvgIpc) is 3.53. The van der Waals surface area contributed by atoms with Crippen LogP contribution in [0.4, 0.5) is 5.69 Å². The van der Waals surface area contributed by atoms with Gasteiger partial charge in [-0.15, -0.1) is 10.2 Å². The fourth-order valence-electron chi connectivity index (χ4n) is 4.21. The van der Waals surface area contributed by atoms with Crippen LogP contribution in [0.25, 0.3) is 28.0 Å². The smallest absolute Gasteiger partial charge is 0.224 e. The second-order valence-corrected chi connectivity index (χ2v) is 10.6. The molecule has 2 heterocycles. The van der Waals surface area contributed by atoms with Crippen LogP contribution in [0.5, 0.6) is 0 Å². The highest BCUT2D eigenvalue weighted by atomic mass is 35.5. The molecule has 0 aliphatic rings. The first-order valence-electron chi connectivity index (χ1n) is 12.3. The Morgan fingerprint density at radius 1 is 1.03 bits per heavy atom. The fraction of sp³-hybridized carbons (Fsp3) is 0.172. The molecular weight excluding hydrogens is 518 g/mol. The maximum atomic E-state index is 13.3. The monoisotopic (exact) mass is 543 g/mol. The Morgan fingerprint density at radius 2 is 1.76 bits per heavy atom. The number of para-hydroxylation sites is 1. The van der Waals surface area contributed by atoms with Crippen molar-refractivity contribution in [1.82, 2.24) is 19.7 Å². The number of fused-ring (bicyclic) bond motifs is 1. The van der Waals surface area contributed by atoms with Gasteiger partial charge in [0.25, 0.3) is 0 Å². The number of Topliss-reactive ketones (excluding diaryl/α,β-unsaturated/α-hetero) is 1. The van der Waals surface area contributed by atoms with Gasteiger partial charge < -0.3 is 10.3 Å². The molecule has 2 N–H and O–H groups in total. The van der Waals surface area contributed by atoms with Gasteiger partial charge >= 0.3 is 0 Å². The zero-order valence-corrected chi connectivity index (χ0v) is 22.5. The summed E-state index contributed by atoms with van der Waals surface area (Å²) in [5.74, 6) is 0.586. The van der Waals surface area contributed by atoms with Crippen molar-refractivity contribution < 1.29 is 9.59 Å². The third-order valence-electron chi connectivity index (χ3n) is 6.13. The van der Waals surface area contributed by atoms with Gasteiger partial charge in [0.05, 0.1) is 5.25 Å². The Hall–Kier alpha value is -3.88. The predicted octanol–water partition coefficient (Wildman–Crippen LogP) is 7.17. The summed E-state index contributed by atoms with van der Waals surface area (Å²) in [5, 5.41) is 13.7. The van der Waals surface area contributed by atoms with E-state index >= 15 is 0 Å². The summed E-state index contributed by atoms with van der Waals surface area (Å²) in [6, 6.07) is 22.5. The predicted molar refractivity (Wildman–Crippen MR) is 153 cm³/mol. The van der Waals surface area contributed by atoms with Crippen LogP contribution in [0.1, 0.15) is 37.0 Å². The van der Waals surface area contributed by atoms with Crippen molar-refractivity contribution in [2.45, 2.75) is 37.1 Å². The van der Waals surface area contributed by atoms with E-state index < -0.39 is 5.25 Å². The number of anilines is 1. The Labute approximate surface area is 229 Å². The van der Waals surface area contributed by atoms with Gasteiger partial charge in [0.15, 0.2) is 16.8 Å². The van der Waals surface area contributed by atoms with Crippen LogP contribution in [0.15, 0.2) is 84.1 Å². The molecule has 0 aliphatic carbocycles. The number of carbonyl (C=O) groups is 2. The molecule has 0 saturated carbocycles. The molecule has 0 spiro atoms. The minimum Gasteiger partial charge on any atom is -0.360 e. The molecule has 0 aliphatic heterocycles. The second-order valence-electron chi connectivity index (χ2n) is 8.87. The minimum absolute atomic E-state index is 0.0389. The van der Waals surface area contributed by atoms with Crippen LogP contribution in [0, 0.1) is 0 Å². The normalized spacial score (nSPS) is 12.0. The maximum absolute atomic E-state index is 13.3. The van der Waals surface area contributed by atoms with Gasteiger partial charge in [-0.25, -0.2) is 0 Å². The van der Waals surface area contributed by atoms with Gasteiger partial charge in [0.1, 0.15) is 0 Å². The topological polar surface area (TPSA) is 92.7 Å². The van der Waals surface area contributed by atoms with E-state index in [1.54, 1.807) is 24.3 Å². The summed E-state index contributed by atoms with van der Waals surface area (Å²) in [7, 11) is 0. The number of carbonyl (C=O) groups excluding carboxylic acids is 2. The number of aromatic nitrogens is 4. The van der Waals surface area contributed by atoms with Crippen molar-refractivity contribution in [3.8, 4) is 17.1 Å². The van der Waals surface area contributed by atoms with Crippen molar-refractivity contribution in [3.63, 3.8) is 0 Å². The van der Waals surface area contributed by atoms with E-state index in [9.17, 15) is 9.59 Å². The Morgan fingerprint density at radius 3 is 2.50 bits per heavy atom. The molecule has 1 atom stereocenters. The molecule has 2 aromatic heterocycles. The number of hydrogen-bond donors (Lipinski definition) is 2. The lowest BCUT2D eigenvalue weighted by Crippen LogP contribution is -2.15. The molecular formula is C29H26ClN5O2S. The largest absolute Gasteiger partial charge is 0.360 e. The van der Waals surface area contributed by atoms with Crippen LogP contribution in [0.3, 0.4) is 0 Å². The lowest BCUT2D eigenvalue weighted by Gasteiger charge is -2.13. The molecule has 5 rings (SSSR count). The van der Waals surface area contributed by atoms with Crippen molar-refractivity contribution in [1.29, 1.82) is 0 Å². The number of hydrogen-bond acceptors (Lipinski definition) is 5. The molecule has 192 valence electrons. The molecule has 0 unspecified atom stereocenters. The van der Waals surface area contributed by atoms with Gasteiger partial charge in [0, 0.05) is 51.0 Å². The lowest BCUT2D eigenvalue weighted by atomic mass is 10.1. The first-order valence-corrected chi connectivity index (χ1v) is 13.6. The van der Waals surface area contributed by atoms with E-state index in [0.29, 0.717) is 33.7 Å². The van der Waals surface area contributed by atoms with Gasteiger partial charge in [-0.05, 0) is 67.9 Å². The van der Waals surface area contributed by atoms with Crippen LogP contribution in [-0.4, -0.2) is 36.7 Å². The lowest BCUT2D eigenvalue weighted by molar-refractivity contribution is -0.116.